The molecule has 7 nitrogen and oxygen atoms in total. The highest BCUT2D eigenvalue weighted by Crippen LogP contribution is 2.28. The van der Waals surface area contributed by atoms with E-state index in [0.717, 1.165) is 0 Å². The van der Waals surface area contributed by atoms with Crippen molar-refractivity contribution in [3.8, 4) is 11.5 Å². The van der Waals surface area contributed by atoms with E-state index in [4.69, 9.17) is 32.7 Å². The van der Waals surface area contributed by atoms with Crippen molar-refractivity contribution in [2.24, 2.45) is 0 Å². The highest BCUT2D eigenvalue weighted by Gasteiger charge is 2.30. The molecule has 1 amide bonds. The zero-order chi connectivity index (χ0) is 22.6. The minimum absolute atomic E-state index is 0.137. The lowest BCUT2D eigenvalue weighted by molar-refractivity contribution is -0.128. The van der Waals surface area contributed by atoms with Crippen molar-refractivity contribution in [1.82, 2.24) is 9.62 Å². The highest BCUT2D eigenvalue weighted by atomic mass is 35.5. The SMILES string of the molecule is COc1ccc(S(=O)(=O)N2CCC(NC(=O)C(C)Oc3ccc(Cl)cc3Cl)CC2)cc1. The van der Waals surface area contributed by atoms with E-state index in [2.05, 4.69) is 5.32 Å². The predicted octanol–water partition coefficient (Wildman–Crippen LogP) is 3.74. The van der Waals surface area contributed by atoms with E-state index in [1.54, 1.807) is 37.3 Å². The van der Waals surface area contributed by atoms with Crippen LogP contribution in [0.25, 0.3) is 0 Å². The molecule has 1 heterocycles. The molecule has 1 atom stereocenters. The maximum Gasteiger partial charge on any atom is 0.260 e. The maximum atomic E-state index is 12.8. The first-order chi connectivity index (χ1) is 14.7. The summed E-state index contributed by atoms with van der Waals surface area (Å²) in [7, 11) is -2.06. The summed E-state index contributed by atoms with van der Waals surface area (Å²) in [5, 5.41) is 3.73. The van der Waals surface area contributed by atoms with Gasteiger partial charge in [-0.25, -0.2) is 8.42 Å². The zero-order valence-corrected chi connectivity index (χ0v) is 19.5. The van der Waals surface area contributed by atoms with Crippen molar-refractivity contribution >= 4 is 39.1 Å². The largest absolute Gasteiger partial charge is 0.497 e. The van der Waals surface area contributed by atoms with E-state index in [1.807, 2.05) is 0 Å². The number of nitrogens with one attached hydrogen (secondary N) is 1. The lowest BCUT2D eigenvalue weighted by atomic mass is 10.1. The van der Waals surface area contributed by atoms with Gasteiger partial charge in [-0.2, -0.15) is 4.31 Å². The Balaban J connectivity index is 1.53. The van der Waals surface area contributed by atoms with Gasteiger partial charge in [0.2, 0.25) is 10.0 Å². The normalized spacial score (nSPS) is 16.5. The van der Waals surface area contributed by atoms with Crippen LogP contribution in [0, 0.1) is 0 Å². The van der Waals surface area contributed by atoms with Gasteiger partial charge in [-0.3, -0.25) is 4.79 Å². The quantitative estimate of drug-likeness (QED) is 0.644. The van der Waals surface area contributed by atoms with Crippen molar-refractivity contribution in [3.05, 3.63) is 52.5 Å². The van der Waals surface area contributed by atoms with Crippen LogP contribution in [0.5, 0.6) is 11.5 Å². The Bertz CT molecular complexity index is 1020. The Morgan fingerprint density at radius 1 is 1.13 bits per heavy atom. The molecule has 10 heteroatoms. The third-order valence-electron chi connectivity index (χ3n) is 5.06. The number of rotatable bonds is 7. The molecule has 0 bridgehead atoms. The molecule has 1 aliphatic heterocycles. The van der Waals surface area contributed by atoms with Crippen LogP contribution in [0.4, 0.5) is 0 Å². The van der Waals surface area contributed by atoms with Gasteiger partial charge in [0.25, 0.3) is 5.91 Å². The number of methoxy groups -OCH3 is 1. The van der Waals surface area contributed by atoms with E-state index in [-0.39, 0.29) is 16.8 Å². The molecule has 3 rings (SSSR count). The smallest absolute Gasteiger partial charge is 0.260 e. The number of piperidine rings is 1. The molecule has 0 saturated carbocycles. The van der Waals surface area contributed by atoms with Gasteiger partial charge in [0.1, 0.15) is 11.5 Å². The van der Waals surface area contributed by atoms with Crippen LogP contribution in [0.3, 0.4) is 0 Å². The number of carbonyl (C=O) groups is 1. The van der Waals surface area contributed by atoms with E-state index >= 15 is 0 Å². The molecule has 0 radical (unpaired) electrons. The van der Waals surface area contributed by atoms with E-state index in [1.165, 1.54) is 23.5 Å². The Morgan fingerprint density at radius 3 is 2.35 bits per heavy atom. The van der Waals surface area contributed by atoms with E-state index in [9.17, 15) is 13.2 Å². The summed E-state index contributed by atoms with van der Waals surface area (Å²) in [5.74, 6) is 0.674. The molecule has 1 fully saturated rings. The number of carbonyl (C=O) groups excluding carboxylic acids is 1. The third kappa shape index (κ3) is 5.83. The van der Waals surface area contributed by atoms with Crippen LogP contribution in [0.1, 0.15) is 19.8 Å². The number of sulfonamides is 1. The van der Waals surface area contributed by atoms with Crippen LogP contribution in [-0.2, 0) is 14.8 Å². The van der Waals surface area contributed by atoms with Gasteiger partial charge in [0.15, 0.2) is 6.10 Å². The van der Waals surface area contributed by atoms with Crippen LogP contribution < -0.4 is 14.8 Å². The molecular formula is C21H24Cl2N2O5S. The fraction of sp³-hybridized carbons (Fsp3) is 0.381. The number of halogens is 2. The van der Waals surface area contributed by atoms with Crippen LogP contribution in [0.2, 0.25) is 10.0 Å². The average molecular weight is 487 g/mol. The third-order valence-corrected chi connectivity index (χ3v) is 7.51. The van der Waals surface area contributed by atoms with Crippen molar-refractivity contribution in [2.75, 3.05) is 20.2 Å². The van der Waals surface area contributed by atoms with E-state index < -0.39 is 16.1 Å². The van der Waals surface area contributed by atoms with Gasteiger partial charge in [0, 0.05) is 24.2 Å². The summed E-state index contributed by atoms with van der Waals surface area (Å²) in [5.41, 5.74) is 0. The second-order valence-corrected chi connectivity index (χ2v) is 9.98. The van der Waals surface area contributed by atoms with Gasteiger partial charge < -0.3 is 14.8 Å². The predicted molar refractivity (Wildman–Crippen MR) is 119 cm³/mol. The highest BCUT2D eigenvalue weighted by molar-refractivity contribution is 7.89. The van der Waals surface area contributed by atoms with Gasteiger partial charge >= 0.3 is 0 Å². The van der Waals surface area contributed by atoms with Crippen molar-refractivity contribution in [2.45, 2.75) is 36.8 Å². The summed E-state index contributed by atoms with van der Waals surface area (Å²) in [6.45, 7) is 2.26. The molecule has 2 aromatic carbocycles. The Kier molecular flexibility index (Phi) is 7.69. The van der Waals surface area contributed by atoms with Crippen molar-refractivity contribution < 1.29 is 22.7 Å². The second-order valence-electron chi connectivity index (χ2n) is 7.20. The molecular weight excluding hydrogens is 463 g/mol. The molecule has 31 heavy (non-hydrogen) atoms. The molecule has 0 aliphatic carbocycles. The Labute approximate surface area is 192 Å². The fourth-order valence-electron chi connectivity index (χ4n) is 3.27. The monoisotopic (exact) mass is 486 g/mol. The first-order valence-electron chi connectivity index (χ1n) is 9.77. The van der Waals surface area contributed by atoms with Crippen molar-refractivity contribution in [1.29, 1.82) is 0 Å². The molecule has 0 aromatic heterocycles. The molecule has 1 N–H and O–H groups in total. The topological polar surface area (TPSA) is 84.9 Å². The number of hydrogen-bond acceptors (Lipinski definition) is 5. The molecule has 2 aromatic rings. The summed E-state index contributed by atoms with van der Waals surface area (Å²) in [6.07, 6.45) is 0.255. The van der Waals surface area contributed by atoms with Crippen LogP contribution >= 0.6 is 23.2 Å². The van der Waals surface area contributed by atoms with Gasteiger partial charge in [-0.15, -0.1) is 0 Å². The maximum absolute atomic E-state index is 12.8. The average Bonchev–Trinajstić information content (AvgIpc) is 2.76. The van der Waals surface area contributed by atoms with Crippen LogP contribution in [0.15, 0.2) is 47.4 Å². The lowest BCUT2D eigenvalue weighted by Crippen LogP contribution is -2.49. The number of hydrogen-bond donors (Lipinski definition) is 1. The molecule has 1 unspecified atom stereocenters. The van der Waals surface area contributed by atoms with Gasteiger partial charge in [-0.1, -0.05) is 23.2 Å². The molecule has 1 saturated heterocycles. The molecule has 0 spiro atoms. The Morgan fingerprint density at radius 2 is 1.77 bits per heavy atom. The van der Waals surface area contributed by atoms with Gasteiger partial charge in [0.05, 0.1) is 17.0 Å². The fourth-order valence-corrected chi connectivity index (χ4v) is 5.19. The van der Waals surface area contributed by atoms with Crippen molar-refractivity contribution in [3.63, 3.8) is 0 Å². The summed E-state index contributed by atoms with van der Waals surface area (Å²) >= 11 is 12.0. The Hall–Kier alpha value is -2.00. The number of amides is 1. The summed E-state index contributed by atoms with van der Waals surface area (Å²) < 4.78 is 37.8. The molecule has 168 valence electrons. The number of nitrogens with zero attached hydrogens (tertiary/aromatic N) is 1. The first kappa shape index (κ1) is 23.7. The standard InChI is InChI=1S/C21H24Cl2N2O5S/c1-14(30-20-8-3-15(22)13-19(20)23)21(26)24-16-9-11-25(12-10-16)31(27,28)18-6-4-17(29-2)5-7-18/h3-8,13-14,16H,9-12H2,1-2H3,(H,24,26). The summed E-state index contributed by atoms with van der Waals surface area (Å²) in [4.78, 5) is 12.7. The second kappa shape index (κ2) is 10.1. The zero-order valence-electron chi connectivity index (χ0n) is 17.2. The minimum atomic E-state index is -3.59. The summed E-state index contributed by atoms with van der Waals surface area (Å²) in [6, 6.07) is 10.9. The number of benzene rings is 2. The first-order valence-corrected chi connectivity index (χ1v) is 12.0. The van der Waals surface area contributed by atoms with Gasteiger partial charge in [-0.05, 0) is 62.2 Å². The number of ether oxygens (including phenoxy) is 2. The van der Waals surface area contributed by atoms with Crippen LogP contribution in [-0.4, -0.2) is 51.0 Å². The van der Waals surface area contributed by atoms with E-state index in [0.29, 0.717) is 47.5 Å². The molecule has 1 aliphatic rings. The minimum Gasteiger partial charge on any atom is -0.497 e. The lowest BCUT2D eigenvalue weighted by Gasteiger charge is -2.32.